The number of carbonyl (C=O) groups excluding carboxylic acids is 1. The summed E-state index contributed by atoms with van der Waals surface area (Å²) >= 11 is 0. The van der Waals surface area contributed by atoms with Crippen molar-refractivity contribution < 1.29 is 13.9 Å². The number of rotatable bonds is 4. The van der Waals surface area contributed by atoms with Crippen molar-refractivity contribution in [2.24, 2.45) is 0 Å². The van der Waals surface area contributed by atoms with E-state index in [1.807, 2.05) is 12.3 Å². The molecule has 1 aliphatic rings. The largest absolute Gasteiger partial charge is 0.496 e. The highest BCUT2D eigenvalue weighted by molar-refractivity contribution is 5.97. The van der Waals surface area contributed by atoms with Gasteiger partial charge < -0.3 is 9.64 Å². The van der Waals surface area contributed by atoms with E-state index in [4.69, 9.17) is 4.74 Å². The fourth-order valence-electron chi connectivity index (χ4n) is 3.29. The van der Waals surface area contributed by atoms with Gasteiger partial charge in [0.15, 0.2) is 0 Å². The second-order valence-corrected chi connectivity index (χ2v) is 6.91. The number of benzene rings is 1. The summed E-state index contributed by atoms with van der Waals surface area (Å²) in [6, 6.07) is 5.99. The number of ether oxygens (including phenoxy) is 1. The Morgan fingerprint density at radius 2 is 2.00 bits per heavy atom. The van der Waals surface area contributed by atoms with Crippen LogP contribution in [0.2, 0.25) is 0 Å². The molecule has 1 aromatic carbocycles. The van der Waals surface area contributed by atoms with Crippen molar-refractivity contribution in [2.75, 3.05) is 20.2 Å². The van der Waals surface area contributed by atoms with E-state index in [0.29, 0.717) is 24.8 Å². The molecule has 1 fully saturated rings. The summed E-state index contributed by atoms with van der Waals surface area (Å²) in [4.78, 5) is 23.5. The first-order valence-corrected chi connectivity index (χ1v) is 8.95. The zero-order valence-corrected chi connectivity index (χ0v) is 15.4. The van der Waals surface area contributed by atoms with E-state index in [1.54, 1.807) is 4.90 Å². The number of halogens is 1. The number of piperidine rings is 1. The van der Waals surface area contributed by atoms with E-state index >= 15 is 0 Å². The number of hydrogen-bond donors (Lipinski definition) is 0. The number of nitrogens with zero attached hydrogens (tertiary/aromatic N) is 3. The van der Waals surface area contributed by atoms with E-state index in [1.165, 1.54) is 25.3 Å². The topological polar surface area (TPSA) is 55.3 Å². The van der Waals surface area contributed by atoms with Crippen LogP contribution in [0.4, 0.5) is 4.39 Å². The van der Waals surface area contributed by atoms with Crippen LogP contribution in [0.5, 0.6) is 5.75 Å². The Bertz CT molecular complexity index is 786. The average molecular weight is 357 g/mol. The second kappa shape index (κ2) is 7.81. The summed E-state index contributed by atoms with van der Waals surface area (Å²) in [5, 5.41) is 0. The predicted molar refractivity (Wildman–Crippen MR) is 97.0 cm³/mol. The summed E-state index contributed by atoms with van der Waals surface area (Å²) in [5.41, 5.74) is 1.31. The maximum absolute atomic E-state index is 13.6. The molecule has 2 aromatic rings. The molecule has 1 aromatic heterocycles. The quantitative estimate of drug-likeness (QED) is 0.836. The summed E-state index contributed by atoms with van der Waals surface area (Å²) in [6.45, 7) is 5.38. The Morgan fingerprint density at radius 3 is 2.65 bits per heavy atom. The van der Waals surface area contributed by atoms with Gasteiger partial charge in [-0.1, -0.05) is 13.8 Å². The van der Waals surface area contributed by atoms with E-state index in [-0.39, 0.29) is 17.4 Å². The third-order valence-electron chi connectivity index (χ3n) is 4.80. The predicted octanol–water partition coefficient (Wildman–Crippen LogP) is 3.77. The first kappa shape index (κ1) is 18.3. The molecule has 0 N–H and O–H groups in total. The highest BCUT2D eigenvalue weighted by Gasteiger charge is 2.27. The van der Waals surface area contributed by atoms with Gasteiger partial charge >= 0.3 is 0 Å². The molecule has 0 bridgehead atoms. The third-order valence-corrected chi connectivity index (χ3v) is 4.80. The fraction of sp³-hybridized carbons (Fsp3) is 0.450. The van der Waals surface area contributed by atoms with Crippen LogP contribution in [0.15, 0.2) is 30.5 Å². The minimum absolute atomic E-state index is 0.189. The molecular formula is C20H24FN3O2. The van der Waals surface area contributed by atoms with E-state index in [0.717, 1.165) is 24.4 Å². The Balaban J connectivity index is 1.70. The number of carbonyl (C=O) groups is 1. The first-order chi connectivity index (χ1) is 12.5. The number of hydrogen-bond acceptors (Lipinski definition) is 4. The molecular weight excluding hydrogens is 333 g/mol. The Kier molecular flexibility index (Phi) is 5.49. The lowest BCUT2D eigenvalue weighted by Crippen LogP contribution is -2.38. The lowest BCUT2D eigenvalue weighted by Gasteiger charge is -2.32. The lowest BCUT2D eigenvalue weighted by atomic mass is 9.92. The zero-order chi connectivity index (χ0) is 18.7. The van der Waals surface area contributed by atoms with E-state index < -0.39 is 5.82 Å². The fourth-order valence-corrected chi connectivity index (χ4v) is 3.29. The Morgan fingerprint density at radius 1 is 1.27 bits per heavy atom. The SMILES string of the molecule is COc1ccc(F)cc1C(=O)N1CCC(c2ccnc(C(C)C)n2)CC1. The van der Waals surface area contributed by atoms with Gasteiger partial charge in [-0.2, -0.15) is 0 Å². The van der Waals surface area contributed by atoms with Gasteiger partial charge in [-0.15, -0.1) is 0 Å². The van der Waals surface area contributed by atoms with Gasteiger partial charge in [-0.05, 0) is 37.1 Å². The summed E-state index contributed by atoms with van der Waals surface area (Å²) < 4.78 is 18.8. The average Bonchev–Trinajstić information content (AvgIpc) is 2.67. The maximum atomic E-state index is 13.6. The number of likely N-dealkylation sites (tertiary alicyclic amines) is 1. The standard InChI is InChI=1S/C20H24FN3O2/c1-13(2)19-22-9-6-17(23-19)14-7-10-24(11-8-14)20(25)16-12-15(21)4-5-18(16)26-3/h4-6,9,12-14H,7-8,10-11H2,1-3H3. The van der Waals surface area contributed by atoms with E-state index in [2.05, 4.69) is 23.8 Å². The van der Waals surface area contributed by atoms with Crippen molar-refractivity contribution in [2.45, 2.75) is 38.5 Å². The molecule has 26 heavy (non-hydrogen) atoms. The summed E-state index contributed by atoms with van der Waals surface area (Å²) in [5.74, 6) is 1.23. The number of aromatic nitrogens is 2. The first-order valence-electron chi connectivity index (χ1n) is 8.95. The second-order valence-electron chi connectivity index (χ2n) is 6.91. The van der Waals surface area contributed by atoms with Crippen molar-refractivity contribution >= 4 is 5.91 Å². The van der Waals surface area contributed by atoms with Gasteiger partial charge in [-0.25, -0.2) is 14.4 Å². The molecule has 0 saturated carbocycles. The van der Waals surface area contributed by atoms with Crippen LogP contribution in [0, 0.1) is 5.82 Å². The summed E-state index contributed by atoms with van der Waals surface area (Å²) in [7, 11) is 1.48. The molecule has 0 spiro atoms. The monoisotopic (exact) mass is 357 g/mol. The molecule has 2 heterocycles. The normalized spacial score (nSPS) is 15.3. The molecule has 1 saturated heterocycles. The van der Waals surface area contributed by atoms with Crippen LogP contribution < -0.4 is 4.74 Å². The van der Waals surface area contributed by atoms with Crippen LogP contribution in [0.25, 0.3) is 0 Å². The van der Waals surface area contributed by atoms with Crippen LogP contribution in [0.1, 0.15) is 60.4 Å². The van der Waals surface area contributed by atoms with Crippen LogP contribution in [-0.2, 0) is 0 Å². The van der Waals surface area contributed by atoms with Crippen LogP contribution >= 0.6 is 0 Å². The highest BCUT2D eigenvalue weighted by Crippen LogP contribution is 2.29. The Labute approximate surface area is 153 Å². The number of methoxy groups -OCH3 is 1. The van der Waals surface area contributed by atoms with Crippen molar-refractivity contribution in [3.63, 3.8) is 0 Å². The van der Waals surface area contributed by atoms with Crippen molar-refractivity contribution in [3.8, 4) is 5.75 Å². The molecule has 3 rings (SSSR count). The molecule has 6 heteroatoms. The Hall–Kier alpha value is -2.50. The van der Waals surface area contributed by atoms with Gasteiger partial charge in [0.25, 0.3) is 5.91 Å². The van der Waals surface area contributed by atoms with Gasteiger partial charge in [0.05, 0.1) is 12.7 Å². The maximum Gasteiger partial charge on any atom is 0.257 e. The van der Waals surface area contributed by atoms with Gasteiger partial charge in [-0.3, -0.25) is 4.79 Å². The summed E-state index contributed by atoms with van der Waals surface area (Å²) in [6.07, 6.45) is 3.47. The molecule has 5 nitrogen and oxygen atoms in total. The van der Waals surface area contributed by atoms with Gasteiger partial charge in [0.1, 0.15) is 17.4 Å². The van der Waals surface area contributed by atoms with Crippen LogP contribution in [0.3, 0.4) is 0 Å². The molecule has 0 atom stereocenters. The highest BCUT2D eigenvalue weighted by atomic mass is 19.1. The molecule has 0 aliphatic carbocycles. The minimum Gasteiger partial charge on any atom is -0.496 e. The van der Waals surface area contributed by atoms with Gasteiger partial charge in [0, 0.05) is 36.8 Å². The van der Waals surface area contributed by atoms with E-state index in [9.17, 15) is 9.18 Å². The number of amides is 1. The minimum atomic E-state index is -0.439. The van der Waals surface area contributed by atoms with Crippen molar-refractivity contribution in [1.29, 1.82) is 0 Å². The van der Waals surface area contributed by atoms with Crippen molar-refractivity contribution in [3.05, 3.63) is 53.4 Å². The van der Waals surface area contributed by atoms with Crippen molar-refractivity contribution in [1.82, 2.24) is 14.9 Å². The third kappa shape index (κ3) is 3.84. The van der Waals surface area contributed by atoms with Gasteiger partial charge in [0.2, 0.25) is 0 Å². The molecule has 0 radical (unpaired) electrons. The molecule has 1 amide bonds. The molecule has 0 unspecified atom stereocenters. The zero-order valence-electron chi connectivity index (χ0n) is 15.4. The van der Waals surface area contributed by atoms with Crippen LogP contribution in [-0.4, -0.2) is 41.0 Å². The molecule has 138 valence electrons. The molecule has 1 aliphatic heterocycles. The smallest absolute Gasteiger partial charge is 0.257 e. The lowest BCUT2D eigenvalue weighted by molar-refractivity contribution is 0.0708.